The number of aliphatic hydroxyl groups excluding tert-OH is 1. The topological polar surface area (TPSA) is 78.8 Å². The van der Waals surface area contributed by atoms with E-state index in [4.69, 9.17) is 4.74 Å². The normalized spacial score (nSPS) is 12.2. The van der Waals surface area contributed by atoms with E-state index in [0.717, 1.165) is 3.57 Å². The smallest absolute Gasteiger partial charge is 0.255 e. The van der Waals surface area contributed by atoms with Crippen LogP contribution in [0, 0.1) is 7.14 Å². The highest BCUT2D eigenvalue weighted by Gasteiger charge is 2.15. The lowest BCUT2D eigenvalue weighted by Crippen LogP contribution is -2.28. The van der Waals surface area contributed by atoms with E-state index in [1.54, 1.807) is 12.1 Å². The SMILES string of the molecule is COCC(O)CCNC(=O)c1cc(I)cc(I)c1O. The van der Waals surface area contributed by atoms with Crippen molar-refractivity contribution in [3.63, 3.8) is 0 Å². The van der Waals surface area contributed by atoms with E-state index in [1.807, 2.05) is 22.6 Å². The van der Waals surface area contributed by atoms with Crippen LogP contribution in [0.1, 0.15) is 16.8 Å². The summed E-state index contributed by atoms with van der Waals surface area (Å²) in [6.07, 6.45) is -0.198. The fourth-order valence-electron chi connectivity index (χ4n) is 1.46. The molecule has 0 saturated heterocycles. The number of hydrogen-bond acceptors (Lipinski definition) is 4. The Morgan fingerprint density at radius 2 is 2.16 bits per heavy atom. The number of phenolic OH excluding ortho intramolecular Hbond substituents is 1. The van der Waals surface area contributed by atoms with Crippen LogP contribution >= 0.6 is 45.2 Å². The second-order valence-corrected chi connectivity index (χ2v) is 6.35. The maximum atomic E-state index is 11.9. The third-order valence-electron chi connectivity index (χ3n) is 2.39. The van der Waals surface area contributed by atoms with Gasteiger partial charge in [-0.25, -0.2) is 0 Å². The zero-order valence-electron chi connectivity index (χ0n) is 10.3. The molecule has 0 aromatic heterocycles. The van der Waals surface area contributed by atoms with Gasteiger partial charge in [-0.15, -0.1) is 0 Å². The first-order valence-corrected chi connectivity index (χ1v) is 7.74. The molecule has 1 unspecified atom stereocenters. The molecule has 3 N–H and O–H groups in total. The van der Waals surface area contributed by atoms with E-state index in [9.17, 15) is 15.0 Å². The number of halogens is 2. The molecule has 106 valence electrons. The van der Waals surface area contributed by atoms with Crippen molar-refractivity contribution in [2.24, 2.45) is 0 Å². The number of hydrogen-bond donors (Lipinski definition) is 3. The maximum Gasteiger partial charge on any atom is 0.255 e. The first-order valence-electron chi connectivity index (χ1n) is 5.59. The lowest BCUT2D eigenvalue weighted by molar-refractivity contribution is 0.0587. The van der Waals surface area contributed by atoms with Crippen molar-refractivity contribution < 1.29 is 19.7 Å². The molecular weight excluding hydrogens is 476 g/mol. The van der Waals surface area contributed by atoms with Gasteiger partial charge in [-0.3, -0.25) is 4.79 Å². The minimum absolute atomic E-state index is 0.0176. The van der Waals surface area contributed by atoms with Gasteiger partial charge in [0.25, 0.3) is 5.91 Å². The van der Waals surface area contributed by atoms with Crippen molar-refractivity contribution in [1.29, 1.82) is 0 Å². The molecule has 1 atom stereocenters. The third-order valence-corrected chi connectivity index (χ3v) is 3.84. The third kappa shape index (κ3) is 5.40. The molecule has 0 saturated carbocycles. The first-order chi connectivity index (χ1) is 8.95. The number of aromatic hydroxyl groups is 1. The number of rotatable bonds is 6. The Hall–Kier alpha value is -0.130. The number of phenols is 1. The largest absolute Gasteiger partial charge is 0.506 e. The standard InChI is InChI=1S/C12H15I2NO4/c1-19-6-8(16)2-3-15-12(18)9-4-7(13)5-10(14)11(9)17/h4-5,8,16-17H,2-3,6H2,1H3,(H,15,18). The summed E-state index contributed by atoms with van der Waals surface area (Å²) in [6.45, 7) is 0.563. The number of aliphatic hydroxyl groups is 1. The van der Waals surface area contributed by atoms with Gasteiger partial charge < -0.3 is 20.3 Å². The quantitative estimate of drug-likeness (QED) is 0.531. The van der Waals surface area contributed by atoms with Gasteiger partial charge in [-0.05, 0) is 63.7 Å². The lowest BCUT2D eigenvalue weighted by atomic mass is 10.2. The summed E-state index contributed by atoms with van der Waals surface area (Å²) in [5, 5.41) is 22.0. The molecule has 0 spiro atoms. The number of nitrogens with one attached hydrogen (secondary N) is 1. The van der Waals surface area contributed by atoms with Crippen molar-refractivity contribution in [2.75, 3.05) is 20.3 Å². The summed E-state index contributed by atoms with van der Waals surface area (Å²) in [6, 6.07) is 3.41. The Labute approximate surface area is 139 Å². The van der Waals surface area contributed by atoms with Crippen LogP contribution in [0.5, 0.6) is 5.75 Å². The molecule has 5 nitrogen and oxygen atoms in total. The second kappa shape index (κ2) is 8.22. The van der Waals surface area contributed by atoms with E-state index < -0.39 is 6.10 Å². The molecule has 0 radical (unpaired) electrons. The minimum Gasteiger partial charge on any atom is -0.506 e. The molecular formula is C12H15I2NO4. The number of methoxy groups -OCH3 is 1. The van der Waals surface area contributed by atoms with Crippen LogP contribution in [-0.2, 0) is 4.74 Å². The van der Waals surface area contributed by atoms with Gasteiger partial charge in [-0.1, -0.05) is 0 Å². The van der Waals surface area contributed by atoms with Crippen LogP contribution in [0.2, 0.25) is 0 Å². The first kappa shape index (κ1) is 16.9. The molecule has 1 aromatic carbocycles. The lowest BCUT2D eigenvalue weighted by Gasteiger charge is -2.11. The van der Waals surface area contributed by atoms with Crippen LogP contribution in [0.4, 0.5) is 0 Å². The second-order valence-electron chi connectivity index (χ2n) is 3.94. The van der Waals surface area contributed by atoms with E-state index in [1.165, 1.54) is 7.11 Å². The highest BCUT2D eigenvalue weighted by Crippen LogP contribution is 2.26. The molecule has 1 rings (SSSR count). The van der Waals surface area contributed by atoms with Crippen molar-refractivity contribution in [3.05, 3.63) is 24.8 Å². The number of benzene rings is 1. The number of ether oxygens (including phenoxy) is 1. The summed E-state index contributed by atoms with van der Waals surface area (Å²) < 4.78 is 6.30. The molecule has 0 aliphatic rings. The van der Waals surface area contributed by atoms with Crippen molar-refractivity contribution in [2.45, 2.75) is 12.5 Å². The van der Waals surface area contributed by atoms with Gasteiger partial charge in [-0.2, -0.15) is 0 Å². The van der Waals surface area contributed by atoms with E-state index in [2.05, 4.69) is 27.9 Å². The highest BCUT2D eigenvalue weighted by atomic mass is 127. The van der Waals surface area contributed by atoms with E-state index in [0.29, 0.717) is 16.5 Å². The van der Waals surface area contributed by atoms with Crippen LogP contribution in [0.25, 0.3) is 0 Å². The average molecular weight is 491 g/mol. The van der Waals surface area contributed by atoms with E-state index >= 15 is 0 Å². The Bertz CT molecular complexity index is 454. The van der Waals surface area contributed by atoms with Gasteiger partial charge in [0.1, 0.15) is 5.75 Å². The summed E-state index contributed by atoms with van der Waals surface area (Å²) in [5.41, 5.74) is 0.248. The Kier molecular flexibility index (Phi) is 7.32. The number of carbonyl (C=O) groups excluding carboxylic acids is 1. The molecule has 19 heavy (non-hydrogen) atoms. The summed E-state index contributed by atoms with van der Waals surface area (Å²) in [7, 11) is 1.51. The van der Waals surface area contributed by atoms with Crippen molar-refractivity contribution in [3.8, 4) is 5.75 Å². The van der Waals surface area contributed by atoms with E-state index in [-0.39, 0.29) is 23.8 Å². The van der Waals surface area contributed by atoms with Gasteiger partial charge in [0.05, 0.1) is 21.8 Å². The zero-order valence-corrected chi connectivity index (χ0v) is 14.6. The number of amides is 1. The Morgan fingerprint density at radius 1 is 1.47 bits per heavy atom. The Morgan fingerprint density at radius 3 is 2.79 bits per heavy atom. The molecule has 0 aliphatic heterocycles. The van der Waals surface area contributed by atoms with Gasteiger partial charge in [0.2, 0.25) is 0 Å². The maximum absolute atomic E-state index is 11.9. The van der Waals surface area contributed by atoms with Crippen molar-refractivity contribution in [1.82, 2.24) is 5.32 Å². The minimum atomic E-state index is -0.602. The molecule has 0 aliphatic carbocycles. The van der Waals surface area contributed by atoms with Gasteiger partial charge in [0, 0.05) is 17.2 Å². The summed E-state index contributed by atoms with van der Waals surface area (Å²) in [5.74, 6) is -0.366. The highest BCUT2D eigenvalue weighted by molar-refractivity contribution is 14.1. The molecule has 7 heteroatoms. The van der Waals surface area contributed by atoms with Crippen molar-refractivity contribution >= 4 is 51.1 Å². The monoisotopic (exact) mass is 491 g/mol. The molecule has 1 aromatic rings. The molecule has 0 fully saturated rings. The average Bonchev–Trinajstić information content (AvgIpc) is 2.33. The van der Waals surface area contributed by atoms with Gasteiger partial charge in [0.15, 0.2) is 0 Å². The Balaban J connectivity index is 2.59. The predicted molar refractivity (Wildman–Crippen MR) is 88.4 cm³/mol. The van der Waals surface area contributed by atoms with Gasteiger partial charge >= 0.3 is 0 Å². The fraction of sp³-hybridized carbons (Fsp3) is 0.417. The number of carbonyl (C=O) groups is 1. The molecule has 0 heterocycles. The summed E-state index contributed by atoms with van der Waals surface area (Å²) >= 11 is 4.06. The summed E-state index contributed by atoms with van der Waals surface area (Å²) in [4.78, 5) is 11.9. The predicted octanol–water partition coefficient (Wildman–Crippen LogP) is 1.73. The fourth-order valence-corrected chi connectivity index (χ4v) is 3.31. The molecule has 0 bridgehead atoms. The van der Waals surface area contributed by atoms with Crippen LogP contribution in [0.3, 0.4) is 0 Å². The van der Waals surface area contributed by atoms with Crippen LogP contribution in [-0.4, -0.2) is 42.5 Å². The zero-order chi connectivity index (χ0) is 14.4. The molecule has 1 amide bonds. The van der Waals surface area contributed by atoms with Crippen LogP contribution in [0.15, 0.2) is 12.1 Å². The van der Waals surface area contributed by atoms with Crippen LogP contribution < -0.4 is 5.32 Å².